The maximum Gasteiger partial charge on any atom is 0.307 e. The van der Waals surface area contributed by atoms with Crippen LogP contribution in [-0.2, 0) is 20.7 Å². The number of para-hydroxylation sites is 1. The summed E-state index contributed by atoms with van der Waals surface area (Å²) in [5.41, 5.74) is 0.372. The first kappa shape index (κ1) is 18.8. The van der Waals surface area contributed by atoms with E-state index in [-0.39, 0.29) is 24.3 Å². The molecule has 2 heterocycles. The number of benzene rings is 1. The van der Waals surface area contributed by atoms with Crippen molar-refractivity contribution in [3.63, 3.8) is 0 Å². The molecule has 0 radical (unpaired) electrons. The highest BCUT2D eigenvalue weighted by Crippen LogP contribution is 2.22. The Labute approximate surface area is 159 Å². The summed E-state index contributed by atoms with van der Waals surface area (Å²) < 4.78 is 4.71. The molecular weight excluding hydrogens is 366 g/mol. The molecule has 0 saturated carbocycles. The van der Waals surface area contributed by atoms with Gasteiger partial charge in [0.1, 0.15) is 5.82 Å². The number of thiophene rings is 1. The van der Waals surface area contributed by atoms with Gasteiger partial charge in [-0.15, -0.1) is 11.3 Å². The normalized spacial score (nSPS) is 11.9. The molecule has 1 atom stereocenters. The van der Waals surface area contributed by atoms with Crippen LogP contribution in [0.1, 0.15) is 29.6 Å². The number of carbonyl (C=O) groups is 2. The lowest BCUT2D eigenvalue weighted by Crippen LogP contribution is -2.30. The third-order valence-corrected chi connectivity index (χ3v) is 5.06. The third kappa shape index (κ3) is 4.79. The number of amides is 1. The number of aryl methyl sites for hydroxylation is 1. The van der Waals surface area contributed by atoms with E-state index in [9.17, 15) is 14.4 Å². The Morgan fingerprint density at radius 2 is 2.07 bits per heavy atom. The van der Waals surface area contributed by atoms with Gasteiger partial charge in [-0.25, -0.2) is 4.98 Å². The summed E-state index contributed by atoms with van der Waals surface area (Å²) in [7, 11) is 1.32. The highest BCUT2D eigenvalue weighted by Gasteiger charge is 2.20. The van der Waals surface area contributed by atoms with Crippen molar-refractivity contribution in [1.29, 1.82) is 0 Å². The van der Waals surface area contributed by atoms with Gasteiger partial charge in [-0.3, -0.25) is 14.4 Å². The second-order valence-electron chi connectivity index (χ2n) is 5.95. The van der Waals surface area contributed by atoms with Crippen molar-refractivity contribution in [3.05, 3.63) is 62.8 Å². The highest BCUT2D eigenvalue weighted by molar-refractivity contribution is 7.10. The molecule has 0 bridgehead atoms. The number of H-pyrrole nitrogens is 1. The van der Waals surface area contributed by atoms with Crippen molar-refractivity contribution < 1.29 is 14.3 Å². The Morgan fingerprint density at radius 3 is 2.81 bits per heavy atom. The van der Waals surface area contributed by atoms with Gasteiger partial charge in [0.25, 0.3) is 5.56 Å². The van der Waals surface area contributed by atoms with E-state index in [0.29, 0.717) is 23.1 Å². The van der Waals surface area contributed by atoms with Crippen molar-refractivity contribution in [3.8, 4) is 0 Å². The molecule has 0 aliphatic heterocycles. The number of methoxy groups -OCH3 is 1. The predicted molar refractivity (Wildman–Crippen MR) is 103 cm³/mol. The summed E-state index contributed by atoms with van der Waals surface area (Å²) in [6.45, 7) is 0. The molecule has 3 rings (SSSR count). The van der Waals surface area contributed by atoms with E-state index >= 15 is 0 Å². The topological polar surface area (TPSA) is 101 Å². The first-order valence-electron chi connectivity index (χ1n) is 8.44. The molecule has 0 saturated heterocycles. The second kappa shape index (κ2) is 8.59. The molecule has 1 unspecified atom stereocenters. The number of esters is 1. The Morgan fingerprint density at radius 1 is 1.26 bits per heavy atom. The van der Waals surface area contributed by atoms with Gasteiger partial charge in [-0.05, 0) is 23.6 Å². The molecule has 140 valence electrons. The summed E-state index contributed by atoms with van der Waals surface area (Å²) in [6.07, 6.45) is 0.499. The molecule has 0 spiro atoms. The third-order valence-electron chi connectivity index (χ3n) is 4.07. The minimum atomic E-state index is -0.437. The quantitative estimate of drug-likeness (QED) is 0.608. The summed E-state index contributed by atoms with van der Waals surface area (Å²) in [5.74, 6) is -0.170. The van der Waals surface area contributed by atoms with Crippen LogP contribution in [0.5, 0.6) is 0 Å². The van der Waals surface area contributed by atoms with Crippen LogP contribution >= 0.6 is 11.3 Å². The van der Waals surface area contributed by atoms with Gasteiger partial charge in [-0.1, -0.05) is 18.2 Å². The number of hydrogen-bond acceptors (Lipinski definition) is 6. The number of aromatic amines is 1. The predicted octanol–water partition coefficient (Wildman–Crippen LogP) is 2.34. The summed E-state index contributed by atoms with van der Waals surface area (Å²) in [4.78, 5) is 44.0. The molecule has 1 amide bonds. The number of rotatable bonds is 7. The molecule has 1 aromatic carbocycles. The van der Waals surface area contributed by atoms with Crippen molar-refractivity contribution in [2.45, 2.75) is 25.3 Å². The van der Waals surface area contributed by atoms with Gasteiger partial charge < -0.3 is 15.0 Å². The Hall–Kier alpha value is -3.00. The van der Waals surface area contributed by atoms with Crippen molar-refractivity contribution in [1.82, 2.24) is 15.3 Å². The molecule has 0 aliphatic rings. The van der Waals surface area contributed by atoms with E-state index in [2.05, 4.69) is 15.3 Å². The van der Waals surface area contributed by atoms with Crippen molar-refractivity contribution >= 4 is 34.1 Å². The Balaban J connectivity index is 1.66. The number of ether oxygens (including phenoxy) is 1. The van der Waals surface area contributed by atoms with Gasteiger partial charge in [0.05, 0.1) is 30.5 Å². The summed E-state index contributed by atoms with van der Waals surface area (Å²) in [6, 6.07) is 10.3. The summed E-state index contributed by atoms with van der Waals surface area (Å²) >= 11 is 1.46. The number of aromatic nitrogens is 2. The lowest BCUT2D eigenvalue weighted by atomic mass is 10.1. The molecule has 7 nitrogen and oxygen atoms in total. The number of nitrogens with one attached hydrogen (secondary N) is 2. The van der Waals surface area contributed by atoms with Gasteiger partial charge in [0.2, 0.25) is 5.91 Å². The average Bonchev–Trinajstić information content (AvgIpc) is 3.20. The number of carbonyl (C=O) groups excluding carboxylic acids is 2. The SMILES string of the molecule is COC(=O)CC(NC(=O)CCc1nc2ccccc2c(=O)[nH]1)c1cccs1. The van der Waals surface area contributed by atoms with Crippen LogP contribution in [0.4, 0.5) is 0 Å². The van der Waals surface area contributed by atoms with Gasteiger partial charge >= 0.3 is 5.97 Å². The van der Waals surface area contributed by atoms with Crippen LogP contribution in [0.3, 0.4) is 0 Å². The Kier molecular flexibility index (Phi) is 5.97. The van der Waals surface area contributed by atoms with Crippen molar-refractivity contribution in [2.75, 3.05) is 7.11 Å². The number of fused-ring (bicyclic) bond motifs is 1. The van der Waals surface area contributed by atoms with Gasteiger partial charge in [0, 0.05) is 17.7 Å². The van der Waals surface area contributed by atoms with Crippen LogP contribution in [0.2, 0.25) is 0 Å². The zero-order valence-electron chi connectivity index (χ0n) is 14.7. The van der Waals surface area contributed by atoms with E-state index in [0.717, 1.165) is 4.88 Å². The Bertz CT molecular complexity index is 998. The van der Waals surface area contributed by atoms with E-state index in [1.807, 2.05) is 23.6 Å². The standard InChI is InChI=1S/C19H19N3O4S/c1-26-18(24)11-14(15-7-4-10-27-15)21-17(23)9-8-16-20-13-6-3-2-5-12(13)19(25)22-16/h2-7,10,14H,8-9,11H2,1H3,(H,21,23)(H,20,22,25). The molecular formula is C19H19N3O4S. The first-order chi connectivity index (χ1) is 13.1. The lowest BCUT2D eigenvalue weighted by molar-refractivity contribution is -0.141. The maximum absolute atomic E-state index is 12.4. The fraction of sp³-hybridized carbons (Fsp3) is 0.263. The van der Waals surface area contributed by atoms with E-state index in [1.54, 1.807) is 18.2 Å². The van der Waals surface area contributed by atoms with Crippen LogP contribution in [0.25, 0.3) is 10.9 Å². The van der Waals surface area contributed by atoms with E-state index in [4.69, 9.17) is 4.74 Å². The van der Waals surface area contributed by atoms with Gasteiger partial charge in [0.15, 0.2) is 0 Å². The zero-order chi connectivity index (χ0) is 19.2. The minimum Gasteiger partial charge on any atom is -0.469 e. The largest absolute Gasteiger partial charge is 0.469 e. The van der Waals surface area contributed by atoms with Crippen LogP contribution < -0.4 is 10.9 Å². The smallest absolute Gasteiger partial charge is 0.307 e. The molecule has 8 heteroatoms. The fourth-order valence-corrected chi connectivity index (χ4v) is 3.49. The van der Waals surface area contributed by atoms with Crippen LogP contribution in [-0.4, -0.2) is 29.0 Å². The minimum absolute atomic E-state index is 0.0633. The zero-order valence-corrected chi connectivity index (χ0v) is 15.5. The molecule has 0 fully saturated rings. The fourth-order valence-electron chi connectivity index (χ4n) is 2.71. The van der Waals surface area contributed by atoms with E-state index in [1.165, 1.54) is 18.4 Å². The van der Waals surface area contributed by atoms with E-state index < -0.39 is 12.0 Å². The first-order valence-corrected chi connectivity index (χ1v) is 9.32. The maximum atomic E-state index is 12.4. The number of nitrogens with zero attached hydrogens (tertiary/aromatic N) is 1. The molecule has 2 aromatic heterocycles. The highest BCUT2D eigenvalue weighted by atomic mass is 32.1. The lowest BCUT2D eigenvalue weighted by Gasteiger charge is -2.16. The van der Waals surface area contributed by atoms with Crippen LogP contribution in [0.15, 0.2) is 46.6 Å². The van der Waals surface area contributed by atoms with Gasteiger partial charge in [-0.2, -0.15) is 0 Å². The molecule has 0 aliphatic carbocycles. The molecule has 2 N–H and O–H groups in total. The molecule has 27 heavy (non-hydrogen) atoms. The second-order valence-corrected chi connectivity index (χ2v) is 6.92. The number of hydrogen-bond donors (Lipinski definition) is 2. The average molecular weight is 385 g/mol. The monoisotopic (exact) mass is 385 g/mol. The van der Waals surface area contributed by atoms with Crippen LogP contribution in [0, 0.1) is 0 Å². The summed E-state index contributed by atoms with van der Waals surface area (Å²) in [5, 5.41) is 5.26. The van der Waals surface area contributed by atoms with Crippen molar-refractivity contribution in [2.24, 2.45) is 0 Å². The molecule has 3 aromatic rings.